The highest BCUT2D eigenvalue weighted by Gasteiger charge is 2.31. The van der Waals surface area contributed by atoms with Gasteiger partial charge in [-0.05, 0) is 97.8 Å². The number of carbonyl (C=O) groups is 1. The molecule has 0 aliphatic rings. The largest absolute Gasteiger partial charge is 0.416 e. The van der Waals surface area contributed by atoms with Crippen LogP contribution in [0.3, 0.4) is 0 Å². The lowest BCUT2D eigenvalue weighted by Crippen LogP contribution is -2.17. The number of hydrogen-bond acceptors (Lipinski definition) is 5. The summed E-state index contributed by atoms with van der Waals surface area (Å²) in [7, 11) is -8.41. The van der Waals surface area contributed by atoms with Gasteiger partial charge in [0.25, 0.3) is 26.0 Å². The van der Waals surface area contributed by atoms with Crippen molar-refractivity contribution in [2.24, 2.45) is 0 Å². The van der Waals surface area contributed by atoms with Crippen LogP contribution in [0, 0.1) is 13.8 Å². The number of aryl methyl sites for hydroxylation is 2. The molecular weight excluding hydrogens is 615 g/mol. The minimum atomic E-state index is -4.65. The van der Waals surface area contributed by atoms with Gasteiger partial charge < -0.3 is 5.32 Å². The van der Waals surface area contributed by atoms with Crippen molar-refractivity contribution < 1.29 is 34.8 Å². The van der Waals surface area contributed by atoms with E-state index in [-0.39, 0.29) is 31.8 Å². The van der Waals surface area contributed by atoms with Crippen molar-refractivity contribution in [1.82, 2.24) is 0 Å². The first-order valence-electron chi connectivity index (χ1n) is 12.1. The maximum absolute atomic E-state index is 13.1. The highest BCUT2D eigenvalue weighted by molar-refractivity contribution is 7.93. The minimum Gasteiger partial charge on any atom is -0.322 e. The second-order valence-electron chi connectivity index (χ2n) is 9.29. The summed E-state index contributed by atoms with van der Waals surface area (Å²) in [5.41, 5.74) is 0.863. The van der Waals surface area contributed by atoms with E-state index < -0.39 is 37.7 Å². The van der Waals surface area contributed by atoms with E-state index in [1.54, 1.807) is 12.1 Å². The molecule has 8 nitrogen and oxygen atoms in total. The SMILES string of the molecule is Cc1cc(C)cc(NS(=O)(=O)c2cc(C(=O)Nc3ccc(S(=O)(=O)Nc4cccc(C(F)(F)F)c4)cc3)ccc2Cl)c1. The quantitative estimate of drug-likeness (QED) is 0.196. The summed E-state index contributed by atoms with van der Waals surface area (Å²) >= 11 is 6.15. The maximum atomic E-state index is 13.1. The number of carbonyl (C=O) groups excluding carboxylic acids is 1. The first-order chi connectivity index (χ1) is 19.5. The fourth-order valence-electron chi connectivity index (χ4n) is 3.99. The highest BCUT2D eigenvalue weighted by Crippen LogP contribution is 2.31. The van der Waals surface area contributed by atoms with E-state index in [1.807, 2.05) is 19.9 Å². The van der Waals surface area contributed by atoms with Crippen molar-refractivity contribution in [2.75, 3.05) is 14.8 Å². The Labute approximate surface area is 245 Å². The zero-order chi connectivity index (χ0) is 30.9. The predicted molar refractivity (Wildman–Crippen MR) is 155 cm³/mol. The van der Waals surface area contributed by atoms with Gasteiger partial charge in [-0.2, -0.15) is 13.2 Å². The summed E-state index contributed by atoms with van der Waals surface area (Å²) in [6.45, 7) is 3.63. The van der Waals surface area contributed by atoms with Gasteiger partial charge in [-0.25, -0.2) is 16.8 Å². The normalized spacial score (nSPS) is 12.0. The van der Waals surface area contributed by atoms with Crippen LogP contribution in [0.1, 0.15) is 27.0 Å². The molecule has 220 valence electrons. The van der Waals surface area contributed by atoms with Gasteiger partial charge in [-0.15, -0.1) is 0 Å². The molecule has 0 saturated heterocycles. The molecule has 0 atom stereocenters. The second kappa shape index (κ2) is 11.7. The first-order valence-corrected chi connectivity index (χ1v) is 15.4. The van der Waals surface area contributed by atoms with Crippen LogP contribution < -0.4 is 14.8 Å². The van der Waals surface area contributed by atoms with Crippen LogP contribution in [0.5, 0.6) is 0 Å². The Morgan fingerprint density at radius 3 is 1.95 bits per heavy atom. The monoisotopic (exact) mass is 637 g/mol. The predicted octanol–water partition coefficient (Wildman–Crippen LogP) is 6.83. The van der Waals surface area contributed by atoms with Crippen molar-refractivity contribution in [3.8, 4) is 0 Å². The van der Waals surface area contributed by atoms with Gasteiger partial charge in [-0.1, -0.05) is 23.7 Å². The number of halogens is 4. The average molecular weight is 638 g/mol. The van der Waals surface area contributed by atoms with E-state index in [1.165, 1.54) is 30.3 Å². The third-order valence-electron chi connectivity index (χ3n) is 5.82. The molecule has 42 heavy (non-hydrogen) atoms. The maximum Gasteiger partial charge on any atom is 0.416 e. The summed E-state index contributed by atoms with van der Waals surface area (Å²) in [4.78, 5) is 12.3. The van der Waals surface area contributed by atoms with Crippen LogP contribution in [0.4, 0.5) is 30.2 Å². The number of rotatable bonds is 8. The standard InChI is InChI=1S/C28H23ClF3N3O5S2/c1-17-12-18(2)14-23(13-17)35-42(39,40)26-15-19(6-11-25(26)29)27(36)33-21-7-9-24(10-8-21)41(37,38)34-22-5-3-4-20(16-22)28(30,31)32/h3-16,34-35H,1-2H3,(H,33,36). The lowest BCUT2D eigenvalue weighted by molar-refractivity contribution is -0.137. The molecule has 0 saturated carbocycles. The Hall–Kier alpha value is -4.07. The van der Waals surface area contributed by atoms with E-state index in [2.05, 4.69) is 14.8 Å². The van der Waals surface area contributed by atoms with Crippen molar-refractivity contribution in [3.05, 3.63) is 112 Å². The van der Waals surface area contributed by atoms with Gasteiger partial charge in [0.2, 0.25) is 0 Å². The summed E-state index contributed by atoms with van der Waals surface area (Å²) in [5, 5.41) is 2.43. The molecular formula is C28H23ClF3N3O5S2. The minimum absolute atomic E-state index is 0.0388. The molecule has 14 heteroatoms. The highest BCUT2D eigenvalue weighted by atomic mass is 35.5. The van der Waals surface area contributed by atoms with Crippen molar-refractivity contribution >= 4 is 54.6 Å². The summed E-state index contributed by atoms with van der Waals surface area (Å²) in [5.74, 6) is -0.702. The van der Waals surface area contributed by atoms with Gasteiger partial charge in [0.15, 0.2) is 0 Å². The molecule has 4 rings (SSSR count). The summed E-state index contributed by atoms with van der Waals surface area (Å²) in [6, 6.07) is 17.5. The first kappa shape index (κ1) is 30.9. The summed E-state index contributed by atoms with van der Waals surface area (Å²) in [6.07, 6.45) is -4.65. The smallest absolute Gasteiger partial charge is 0.322 e. The molecule has 0 aliphatic heterocycles. The number of nitrogens with one attached hydrogen (secondary N) is 3. The third-order valence-corrected chi connectivity index (χ3v) is 9.08. The molecule has 4 aromatic rings. The zero-order valence-electron chi connectivity index (χ0n) is 22.0. The number of benzene rings is 4. The van der Waals surface area contributed by atoms with E-state index in [4.69, 9.17) is 11.6 Å². The number of alkyl halides is 3. The Bertz CT molecular complexity index is 1860. The Kier molecular flexibility index (Phi) is 8.58. The third kappa shape index (κ3) is 7.41. The Morgan fingerprint density at radius 1 is 0.714 bits per heavy atom. The zero-order valence-corrected chi connectivity index (χ0v) is 24.3. The molecule has 0 aromatic heterocycles. The molecule has 0 aliphatic carbocycles. The van der Waals surface area contributed by atoms with E-state index >= 15 is 0 Å². The lowest BCUT2D eigenvalue weighted by atomic mass is 10.1. The number of hydrogen-bond donors (Lipinski definition) is 3. The van der Waals surface area contributed by atoms with Gasteiger partial charge in [0.05, 0.1) is 15.5 Å². The molecule has 0 fully saturated rings. The Morgan fingerprint density at radius 2 is 1.33 bits per heavy atom. The topological polar surface area (TPSA) is 121 Å². The van der Waals surface area contributed by atoms with Gasteiger partial charge in [-0.3, -0.25) is 14.2 Å². The molecule has 4 aromatic carbocycles. The van der Waals surface area contributed by atoms with Gasteiger partial charge in [0, 0.05) is 22.6 Å². The van der Waals surface area contributed by atoms with Crippen LogP contribution in [0.2, 0.25) is 5.02 Å². The van der Waals surface area contributed by atoms with Crippen LogP contribution in [0.15, 0.2) is 94.7 Å². The lowest BCUT2D eigenvalue weighted by Gasteiger charge is -2.13. The fraction of sp³-hybridized carbons (Fsp3) is 0.107. The van der Waals surface area contributed by atoms with Crippen LogP contribution in [0.25, 0.3) is 0 Å². The van der Waals surface area contributed by atoms with E-state index in [9.17, 15) is 34.8 Å². The number of anilines is 3. The Balaban J connectivity index is 1.50. The van der Waals surface area contributed by atoms with Crippen LogP contribution in [-0.2, 0) is 26.2 Å². The van der Waals surface area contributed by atoms with Crippen molar-refractivity contribution in [2.45, 2.75) is 29.8 Å². The van der Waals surface area contributed by atoms with E-state index in [0.717, 1.165) is 41.5 Å². The van der Waals surface area contributed by atoms with Crippen LogP contribution >= 0.6 is 11.6 Å². The van der Waals surface area contributed by atoms with Crippen LogP contribution in [-0.4, -0.2) is 22.7 Å². The number of sulfonamides is 2. The molecule has 0 spiro atoms. The molecule has 0 radical (unpaired) electrons. The molecule has 1 amide bonds. The molecule has 0 unspecified atom stereocenters. The summed E-state index contributed by atoms with van der Waals surface area (Å²) < 4.78 is 94.9. The van der Waals surface area contributed by atoms with Gasteiger partial charge in [0.1, 0.15) is 4.90 Å². The fourth-order valence-corrected chi connectivity index (χ4v) is 6.60. The van der Waals surface area contributed by atoms with Gasteiger partial charge >= 0.3 is 6.18 Å². The van der Waals surface area contributed by atoms with Crippen molar-refractivity contribution in [3.63, 3.8) is 0 Å². The molecule has 0 heterocycles. The molecule has 0 bridgehead atoms. The number of amides is 1. The molecule has 3 N–H and O–H groups in total. The van der Waals surface area contributed by atoms with Crippen molar-refractivity contribution in [1.29, 1.82) is 0 Å². The van der Waals surface area contributed by atoms with E-state index in [0.29, 0.717) is 11.8 Å². The second-order valence-corrected chi connectivity index (χ2v) is 13.0. The average Bonchev–Trinajstić information content (AvgIpc) is 2.87.